The molecule has 1 heterocycles. The molecule has 29 heavy (non-hydrogen) atoms. The van der Waals surface area contributed by atoms with E-state index in [-0.39, 0.29) is 17.8 Å². The predicted molar refractivity (Wildman–Crippen MR) is 113 cm³/mol. The highest BCUT2D eigenvalue weighted by Gasteiger charge is 2.69. The molecular formula is C25H34NO3+. The Balaban J connectivity index is 1.23. The summed E-state index contributed by atoms with van der Waals surface area (Å²) in [7, 11) is 0. The first-order valence-electron chi connectivity index (χ1n) is 11.1. The van der Waals surface area contributed by atoms with E-state index in [1.165, 1.54) is 18.2 Å². The summed E-state index contributed by atoms with van der Waals surface area (Å²) in [5.74, 6) is 2.30. The minimum absolute atomic E-state index is 0.0590. The Morgan fingerprint density at radius 1 is 1.14 bits per heavy atom. The monoisotopic (exact) mass is 396 g/mol. The van der Waals surface area contributed by atoms with Crippen molar-refractivity contribution in [2.75, 3.05) is 13.2 Å². The van der Waals surface area contributed by atoms with Gasteiger partial charge in [-0.05, 0) is 47.0 Å². The van der Waals surface area contributed by atoms with Gasteiger partial charge < -0.3 is 19.9 Å². The van der Waals surface area contributed by atoms with E-state index in [9.17, 15) is 0 Å². The average molecular weight is 397 g/mol. The van der Waals surface area contributed by atoms with Crippen LogP contribution in [0.3, 0.4) is 0 Å². The van der Waals surface area contributed by atoms with Crippen molar-refractivity contribution in [3.63, 3.8) is 0 Å². The van der Waals surface area contributed by atoms with Crippen molar-refractivity contribution in [3.05, 3.63) is 42.5 Å². The number of hydrogen-bond donors (Lipinski definition) is 1. The first kappa shape index (κ1) is 19.3. The first-order chi connectivity index (χ1) is 13.9. The molecule has 3 aliphatic rings. The van der Waals surface area contributed by atoms with Crippen LogP contribution in [0.5, 0.6) is 5.75 Å². The standard InChI is InChI=1S/C25H33NO3/c1-24(2)20-11-12-25(24,3)23-19(20)13-22(29-23)28-17(14-26)15-27-21-10-6-8-16-7-4-5-9-18(16)21/h4-10,17,19-20,22-23H,11-15,26H2,1-3H3/p+1/t17-,19+,20-,22+,23+,25+/m1/s1. The van der Waals surface area contributed by atoms with E-state index in [1.807, 2.05) is 18.2 Å². The number of hydrogen-bond acceptors (Lipinski definition) is 3. The minimum Gasteiger partial charge on any atom is -0.490 e. The van der Waals surface area contributed by atoms with Gasteiger partial charge in [0.25, 0.3) is 0 Å². The van der Waals surface area contributed by atoms with Crippen LogP contribution in [0.25, 0.3) is 10.8 Å². The van der Waals surface area contributed by atoms with Gasteiger partial charge in [0.15, 0.2) is 6.29 Å². The Kier molecular flexibility index (Phi) is 4.65. The molecule has 5 rings (SSSR count). The number of ether oxygens (including phenoxy) is 3. The molecule has 0 unspecified atom stereocenters. The largest absolute Gasteiger partial charge is 0.490 e. The van der Waals surface area contributed by atoms with Crippen LogP contribution in [0.4, 0.5) is 0 Å². The molecule has 4 nitrogen and oxygen atoms in total. The van der Waals surface area contributed by atoms with Crippen LogP contribution < -0.4 is 10.5 Å². The zero-order valence-corrected chi connectivity index (χ0v) is 17.9. The van der Waals surface area contributed by atoms with Gasteiger partial charge in [-0.15, -0.1) is 0 Å². The van der Waals surface area contributed by atoms with Gasteiger partial charge in [-0.3, -0.25) is 0 Å². The van der Waals surface area contributed by atoms with Crippen molar-refractivity contribution < 1.29 is 19.9 Å². The summed E-state index contributed by atoms with van der Waals surface area (Å²) in [6.45, 7) is 8.49. The summed E-state index contributed by atoms with van der Waals surface area (Å²) in [5.41, 5.74) is 4.74. The van der Waals surface area contributed by atoms with Crippen molar-refractivity contribution in [1.29, 1.82) is 0 Å². The molecule has 156 valence electrons. The SMILES string of the molecule is CC1(C)[C@@H]2CC[C@@]1(C)[C@H]1O[C@H](O[C@H](C[NH3+])COc3cccc4ccccc34)C[C@@H]21. The smallest absolute Gasteiger partial charge is 0.159 e. The second kappa shape index (κ2) is 6.97. The molecule has 0 aromatic heterocycles. The number of quaternary nitrogens is 1. The highest BCUT2D eigenvalue weighted by molar-refractivity contribution is 5.88. The second-order valence-corrected chi connectivity index (χ2v) is 10.0. The first-order valence-corrected chi connectivity index (χ1v) is 11.1. The summed E-state index contributed by atoms with van der Waals surface area (Å²) in [6.07, 6.45) is 3.79. The van der Waals surface area contributed by atoms with Gasteiger partial charge in [-0.2, -0.15) is 0 Å². The van der Waals surface area contributed by atoms with Gasteiger partial charge in [-0.25, -0.2) is 0 Å². The third-order valence-electron chi connectivity index (χ3n) is 8.51. The number of fused-ring (bicyclic) bond motifs is 6. The molecule has 0 spiro atoms. The van der Waals surface area contributed by atoms with E-state index >= 15 is 0 Å². The Morgan fingerprint density at radius 3 is 2.72 bits per heavy atom. The van der Waals surface area contributed by atoms with Crippen LogP contribution in [-0.4, -0.2) is 31.6 Å². The van der Waals surface area contributed by atoms with Gasteiger partial charge in [0.05, 0.1) is 6.10 Å². The molecule has 3 fully saturated rings. The zero-order chi connectivity index (χ0) is 20.2. The molecule has 2 saturated carbocycles. The molecule has 2 aliphatic carbocycles. The van der Waals surface area contributed by atoms with Gasteiger partial charge in [0.1, 0.15) is 25.0 Å². The highest BCUT2D eigenvalue weighted by Crippen LogP contribution is 2.71. The van der Waals surface area contributed by atoms with E-state index in [1.54, 1.807) is 0 Å². The maximum Gasteiger partial charge on any atom is 0.159 e. The lowest BCUT2D eigenvalue weighted by atomic mass is 9.70. The summed E-state index contributed by atoms with van der Waals surface area (Å²) < 4.78 is 19.0. The van der Waals surface area contributed by atoms with E-state index in [0.29, 0.717) is 30.6 Å². The van der Waals surface area contributed by atoms with Crippen LogP contribution in [0, 0.1) is 22.7 Å². The topological polar surface area (TPSA) is 55.3 Å². The summed E-state index contributed by atoms with van der Waals surface area (Å²) in [6, 6.07) is 14.5. The van der Waals surface area contributed by atoms with Crippen LogP contribution in [-0.2, 0) is 9.47 Å². The Bertz CT molecular complexity index is 891. The third kappa shape index (κ3) is 2.91. The highest BCUT2D eigenvalue weighted by atomic mass is 16.7. The fourth-order valence-corrected chi connectivity index (χ4v) is 6.48. The molecular weight excluding hydrogens is 362 g/mol. The number of benzene rings is 2. The van der Waals surface area contributed by atoms with Crippen molar-refractivity contribution >= 4 is 10.8 Å². The summed E-state index contributed by atoms with van der Waals surface area (Å²) in [4.78, 5) is 0. The van der Waals surface area contributed by atoms with Gasteiger partial charge in [0, 0.05) is 11.8 Å². The molecule has 2 aromatic carbocycles. The normalized spacial score (nSPS) is 35.7. The Morgan fingerprint density at radius 2 is 1.93 bits per heavy atom. The lowest BCUT2D eigenvalue weighted by Gasteiger charge is -2.38. The van der Waals surface area contributed by atoms with Crippen molar-refractivity contribution in [1.82, 2.24) is 0 Å². The van der Waals surface area contributed by atoms with E-state index in [4.69, 9.17) is 14.2 Å². The second-order valence-electron chi connectivity index (χ2n) is 10.0. The fourth-order valence-electron chi connectivity index (χ4n) is 6.48. The lowest BCUT2D eigenvalue weighted by molar-refractivity contribution is -0.394. The van der Waals surface area contributed by atoms with Gasteiger partial charge in [0.2, 0.25) is 0 Å². The maximum absolute atomic E-state index is 6.51. The molecule has 1 aliphatic heterocycles. The van der Waals surface area contributed by atoms with Crippen LogP contribution in [0.2, 0.25) is 0 Å². The minimum atomic E-state index is -0.121. The van der Waals surface area contributed by atoms with Crippen LogP contribution in [0.15, 0.2) is 42.5 Å². The van der Waals surface area contributed by atoms with Crippen LogP contribution in [0.1, 0.15) is 40.0 Å². The molecule has 0 amide bonds. The lowest BCUT2D eigenvalue weighted by Crippen LogP contribution is -2.58. The quantitative estimate of drug-likeness (QED) is 0.802. The Hall–Kier alpha value is -1.62. The summed E-state index contributed by atoms with van der Waals surface area (Å²) in [5, 5.41) is 2.33. The molecule has 6 atom stereocenters. The van der Waals surface area contributed by atoms with E-state index in [0.717, 1.165) is 23.5 Å². The van der Waals surface area contributed by atoms with Crippen molar-refractivity contribution in [2.45, 2.75) is 58.5 Å². The van der Waals surface area contributed by atoms with E-state index in [2.05, 4.69) is 50.8 Å². The average Bonchev–Trinajstić information content (AvgIpc) is 3.29. The third-order valence-corrected chi connectivity index (χ3v) is 8.51. The van der Waals surface area contributed by atoms with E-state index < -0.39 is 0 Å². The van der Waals surface area contributed by atoms with Crippen LogP contribution >= 0.6 is 0 Å². The molecule has 2 bridgehead atoms. The zero-order valence-electron chi connectivity index (χ0n) is 17.9. The predicted octanol–water partition coefficient (Wildman–Crippen LogP) is 4.03. The van der Waals surface area contributed by atoms with Crippen molar-refractivity contribution in [3.8, 4) is 5.75 Å². The molecule has 1 saturated heterocycles. The summed E-state index contributed by atoms with van der Waals surface area (Å²) >= 11 is 0. The Labute approximate surface area is 173 Å². The molecule has 4 heteroatoms. The molecule has 0 radical (unpaired) electrons. The fraction of sp³-hybridized carbons (Fsp3) is 0.600. The molecule has 3 N–H and O–H groups in total. The van der Waals surface area contributed by atoms with Crippen molar-refractivity contribution in [2.24, 2.45) is 22.7 Å². The van der Waals surface area contributed by atoms with Gasteiger partial charge in [-0.1, -0.05) is 57.2 Å². The molecule has 2 aromatic rings. The van der Waals surface area contributed by atoms with Gasteiger partial charge >= 0.3 is 0 Å². The maximum atomic E-state index is 6.51. The number of rotatable bonds is 6.